The molecular weight excluding hydrogens is 392 g/mol. The molecule has 29 heavy (non-hydrogen) atoms. The number of carbonyl (C=O) groups excluding carboxylic acids is 1. The number of carbonyl (C=O) groups is 1. The van der Waals surface area contributed by atoms with Crippen molar-refractivity contribution in [2.45, 2.75) is 32.2 Å². The minimum atomic E-state index is -3.62. The topological polar surface area (TPSA) is 87.0 Å². The van der Waals surface area contributed by atoms with Gasteiger partial charge in [-0.1, -0.05) is 5.16 Å². The molecule has 0 atom stereocenters. The van der Waals surface area contributed by atoms with Gasteiger partial charge in [0.1, 0.15) is 0 Å². The Morgan fingerprint density at radius 2 is 1.76 bits per heavy atom. The molecule has 0 saturated carbocycles. The van der Waals surface area contributed by atoms with Crippen molar-refractivity contribution < 1.29 is 17.7 Å². The van der Waals surface area contributed by atoms with Crippen LogP contribution in [0.2, 0.25) is 0 Å². The van der Waals surface area contributed by atoms with E-state index < -0.39 is 10.0 Å². The van der Waals surface area contributed by atoms with Gasteiger partial charge in [0, 0.05) is 51.9 Å². The molecule has 0 aliphatic carbocycles. The highest BCUT2D eigenvalue weighted by molar-refractivity contribution is 7.89. The number of nitrogens with zero attached hydrogens (tertiary/aromatic N) is 4. The molecule has 0 spiro atoms. The third-order valence-electron chi connectivity index (χ3n) is 5.34. The van der Waals surface area contributed by atoms with Crippen LogP contribution in [0.4, 0.5) is 0 Å². The summed E-state index contributed by atoms with van der Waals surface area (Å²) in [7, 11) is -0.632. The standard InChI is InChI=1S/C20H28N4O4S/c1-14-10-17(12-19(16(14)3)29(26,27)22(4)5)20(25)24-8-6-23(7-9-24)13-18-11-15(2)21-28-18/h10-12H,6-9,13H2,1-5H3. The molecule has 9 heteroatoms. The average Bonchev–Trinajstić information content (AvgIpc) is 3.08. The summed E-state index contributed by atoms with van der Waals surface area (Å²) in [5, 5.41) is 3.90. The van der Waals surface area contributed by atoms with E-state index in [9.17, 15) is 13.2 Å². The van der Waals surface area contributed by atoms with Crippen LogP contribution in [0.15, 0.2) is 27.6 Å². The molecule has 0 unspecified atom stereocenters. The Balaban J connectivity index is 1.73. The zero-order valence-corrected chi connectivity index (χ0v) is 18.4. The Morgan fingerprint density at radius 3 is 2.31 bits per heavy atom. The summed E-state index contributed by atoms with van der Waals surface area (Å²) >= 11 is 0. The van der Waals surface area contributed by atoms with Gasteiger partial charge in [0.25, 0.3) is 5.91 Å². The molecule has 0 N–H and O–H groups in total. The quantitative estimate of drug-likeness (QED) is 0.733. The smallest absolute Gasteiger partial charge is 0.253 e. The molecule has 0 bridgehead atoms. The molecule has 2 heterocycles. The highest BCUT2D eigenvalue weighted by Gasteiger charge is 2.27. The van der Waals surface area contributed by atoms with Crippen molar-refractivity contribution in [3.63, 3.8) is 0 Å². The van der Waals surface area contributed by atoms with Gasteiger partial charge in [-0.15, -0.1) is 0 Å². The molecule has 1 aromatic carbocycles. The number of hydrogen-bond acceptors (Lipinski definition) is 6. The largest absolute Gasteiger partial charge is 0.360 e. The third kappa shape index (κ3) is 4.52. The maximum Gasteiger partial charge on any atom is 0.253 e. The number of rotatable bonds is 5. The van der Waals surface area contributed by atoms with Gasteiger partial charge in [-0.25, -0.2) is 12.7 Å². The van der Waals surface area contributed by atoms with Crippen molar-refractivity contribution in [2.75, 3.05) is 40.3 Å². The Kier molecular flexibility index (Phi) is 6.11. The van der Waals surface area contributed by atoms with Gasteiger partial charge in [0.15, 0.2) is 5.76 Å². The Morgan fingerprint density at radius 1 is 1.10 bits per heavy atom. The van der Waals surface area contributed by atoms with Gasteiger partial charge >= 0.3 is 0 Å². The van der Waals surface area contributed by atoms with E-state index in [4.69, 9.17) is 4.52 Å². The van der Waals surface area contributed by atoms with E-state index in [0.29, 0.717) is 30.8 Å². The molecule has 1 amide bonds. The second-order valence-electron chi connectivity index (χ2n) is 7.71. The fraction of sp³-hybridized carbons (Fsp3) is 0.500. The lowest BCUT2D eigenvalue weighted by atomic mass is 10.0. The van der Waals surface area contributed by atoms with E-state index in [2.05, 4.69) is 10.1 Å². The molecule has 1 aliphatic rings. The van der Waals surface area contributed by atoms with Gasteiger partial charge < -0.3 is 9.42 Å². The zero-order valence-electron chi connectivity index (χ0n) is 17.6. The van der Waals surface area contributed by atoms with E-state index >= 15 is 0 Å². The Hall–Kier alpha value is -2.23. The lowest BCUT2D eigenvalue weighted by molar-refractivity contribution is 0.0617. The number of aromatic nitrogens is 1. The number of sulfonamides is 1. The van der Waals surface area contributed by atoms with Crippen LogP contribution in [0.1, 0.15) is 32.9 Å². The van der Waals surface area contributed by atoms with Crippen LogP contribution in [-0.4, -0.2) is 73.9 Å². The minimum absolute atomic E-state index is 0.140. The Bertz CT molecular complexity index is 1010. The summed E-state index contributed by atoms with van der Waals surface area (Å²) in [5.41, 5.74) is 2.72. The normalized spacial score (nSPS) is 15.9. The third-order valence-corrected chi connectivity index (χ3v) is 7.28. The second-order valence-corrected chi connectivity index (χ2v) is 9.83. The number of amides is 1. The number of aryl methyl sites for hydroxylation is 2. The fourth-order valence-corrected chi connectivity index (χ4v) is 4.64. The highest BCUT2D eigenvalue weighted by atomic mass is 32.2. The molecule has 0 radical (unpaired) electrons. The molecule has 1 aliphatic heterocycles. The molecular formula is C20H28N4O4S. The van der Waals surface area contributed by atoms with Gasteiger partial charge in [-0.3, -0.25) is 9.69 Å². The lowest BCUT2D eigenvalue weighted by Gasteiger charge is -2.34. The van der Waals surface area contributed by atoms with E-state index in [1.807, 2.05) is 19.9 Å². The van der Waals surface area contributed by atoms with Crippen molar-refractivity contribution in [3.8, 4) is 0 Å². The SMILES string of the molecule is Cc1cc(CN2CCN(C(=O)c3cc(C)c(C)c(S(=O)(=O)N(C)C)c3)CC2)on1. The lowest BCUT2D eigenvalue weighted by Crippen LogP contribution is -2.48. The number of hydrogen-bond donors (Lipinski definition) is 0. The van der Waals surface area contributed by atoms with Crippen LogP contribution in [0.25, 0.3) is 0 Å². The van der Waals surface area contributed by atoms with Crippen LogP contribution in [0.3, 0.4) is 0 Å². The fourth-order valence-electron chi connectivity index (χ4n) is 3.42. The van der Waals surface area contributed by atoms with Crippen molar-refractivity contribution in [3.05, 3.63) is 46.3 Å². The average molecular weight is 421 g/mol. The second kappa shape index (κ2) is 8.25. The first kappa shape index (κ1) is 21.5. The minimum Gasteiger partial charge on any atom is -0.360 e. The predicted molar refractivity (Wildman–Crippen MR) is 109 cm³/mol. The van der Waals surface area contributed by atoms with Crippen LogP contribution >= 0.6 is 0 Å². The summed E-state index contributed by atoms with van der Waals surface area (Å²) in [6.07, 6.45) is 0. The first-order valence-corrected chi connectivity index (χ1v) is 11.0. The van der Waals surface area contributed by atoms with E-state index in [1.165, 1.54) is 24.5 Å². The van der Waals surface area contributed by atoms with Crippen molar-refractivity contribution in [1.82, 2.24) is 19.3 Å². The summed E-state index contributed by atoms with van der Waals surface area (Å²) < 4.78 is 31.7. The first-order chi connectivity index (χ1) is 13.6. The van der Waals surface area contributed by atoms with Crippen molar-refractivity contribution in [1.29, 1.82) is 0 Å². The first-order valence-electron chi connectivity index (χ1n) is 9.57. The van der Waals surface area contributed by atoms with E-state index in [1.54, 1.807) is 17.9 Å². The molecule has 1 fully saturated rings. The Labute approximate surface area is 172 Å². The monoisotopic (exact) mass is 420 g/mol. The van der Waals surface area contributed by atoms with Crippen molar-refractivity contribution >= 4 is 15.9 Å². The molecule has 158 valence electrons. The van der Waals surface area contributed by atoms with Gasteiger partial charge in [0.05, 0.1) is 17.1 Å². The zero-order chi connectivity index (χ0) is 21.3. The maximum absolute atomic E-state index is 13.1. The van der Waals surface area contributed by atoms with E-state index in [-0.39, 0.29) is 10.8 Å². The number of piperazine rings is 1. The van der Waals surface area contributed by atoms with Crippen LogP contribution in [-0.2, 0) is 16.6 Å². The summed E-state index contributed by atoms with van der Waals surface area (Å²) in [6, 6.07) is 5.19. The van der Waals surface area contributed by atoms with Crippen LogP contribution in [0.5, 0.6) is 0 Å². The summed E-state index contributed by atoms with van der Waals surface area (Å²) in [6.45, 7) is 8.75. The molecule has 2 aromatic rings. The molecule has 1 saturated heterocycles. The molecule has 3 rings (SSSR count). The summed E-state index contributed by atoms with van der Waals surface area (Å²) in [5.74, 6) is 0.674. The number of benzene rings is 1. The van der Waals surface area contributed by atoms with Crippen LogP contribution in [0, 0.1) is 20.8 Å². The van der Waals surface area contributed by atoms with E-state index in [0.717, 1.165) is 30.1 Å². The molecule has 1 aromatic heterocycles. The molecule has 8 nitrogen and oxygen atoms in total. The predicted octanol–water partition coefficient (Wildman–Crippen LogP) is 1.81. The summed E-state index contributed by atoms with van der Waals surface area (Å²) in [4.78, 5) is 17.2. The van der Waals surface area contributed by atoms with Crippen molar-refractivity contribution in [2.24, 2.45) is 0 Å². The van der Waals surface area contributed by atoms with Gasteiger partial charge in [-0.05, 0) is 44.0 Å². The highest BCUT2D eigenvalue weighted by Crippen LogP contribution is 2.24. The van der Waals surface area contributed by atoms with Crippen LogP contribution < -0.4 is 0 Å². The maximum atomic E-state index is 13.1. The van der Waals surface area contributed by atoms with Gasteiger partial charge in [-0.2, -0.15) is 0 Å². The van der Waals surface area contributed by atoms with Gasteiger partial charge in [0.2, 0.25) is 10.0 Å².